The van der Waals surface area contributed by atoms with E-state index in [1.807, 2.05) is 34.5 Å². The van der Waals surface area contributed by atoms with E-state index in [0.29, 0.717) is 10.1 Å². The number of hydrogen-bond donors (Lipinski definition) is 1. The molecule has 2 aromatic rings. The Morgan fingerprint density at radius 2 is 1.73 bits per heavy atom. The Balaban J connectivity index is 1.77. The predicted molar refractivity (Wildman–Crippen MR) is 120 cm³/mol. The van der Waals surface area contributed by atoms with E-state index < -0.39 is 27.5 Å². The fraction of sp³-hybridized carbons (Fsp3) is 0.400. The summed E-state index contributed by atoms with van der Waals surface area (Å²) in [5.74, 6) is -3.04. The molecule has 5 nitrogen and oxygen atoms in total. The third-order valence-corrected chi connectivity index (χ3v) is 7.04. The first-order valence-corrected chi connectivity index (χ1v) is 12.2. The standard InChI is InChI=1S/C20H23F3IN3O2S/c1-26-6-8-27(9-7-26)10-11-30(28,29)25-19-5-4-17(21)20(23)16(19)12-14-2-3-15(24)13-18(14)22/h2-5,13,25H,6-12H2,1H3. The molecular formula is C20H23F3IN3O2S. The van der Waals surface area contributed by atoms with E-state index in [1.165, 1.54) is 18.2 Å². The van der Waals surface area contributed by atoms with Crippen LogP contribution in [0.25, 0.3) is 0 Å². The van der Waals surface area contributed by atoms with Crippen LogP contribution in [0.3, 0.4) is 0 Å². The summed E-state index contributed by atoms with van der Waals surface area (Å²) in [5, 5.41) is 0. The summed E-state index contributed by atoms with van der Waals surface area (Å²) >= 11 is 1.95. The average Bonchev–Trinajstić information content (AvgIpc) is 2.69. The van der Waals surface area contributed by atoms with Crippen LogP contribution in [0.5, 0.6) is 0 Å². The number of likely N-dealkylation sites (N-methyl/N-ethyl adjacent to an activating group) is 1. The zero-order valence-electron chi connectivity index (χ0n) is 16.5. The molecule has 164 valence electrons. The molecule has 1 heterocycles. The third-order valence-electron chi connectivity index (χ3n) is 5.12. The van der Waals surface area contributed by atoms with Crippen molar-refractivity contribution in [3.8, 4) is 0 Å². The SMILES string of the molecule is CN1CCN(CCS(=O)(=O)Nc2ccc(F)c(F)c2Cc2ccc(I)cc2F)CC1. The lowest BCUT2D eigenvalue weighted by atomic mass is 10.0. The molecule has 10 heteroatoms. The first kappa shape index (κ1) is 23.3. The van der Waals surface area contributed by atoms with Gasteiger partial charge in [-0.1, -0.05) is 6.07 Å². The number of benzene rings is 2. The number of anilines is 1. The van der Waals surface area contributed by atoms with Crippen molar-refractivity contribution in [1.29, 1.82) is 0 Å². The van der Waals surface area contributed by atoms with Crippen LogP contribution >= 0.6 is 22.6 Å². The number of nitrogens with zero attached hydrogens (tertiary/aromatic N) is 2. The maximum Gasteiger partial charge on any atom is 0.233 e. The summed E-state index contributed by atoms with van der Waals surface area (Å²) in [6.07, 6.45) is -0.275. The van der Waals surface area contributed by atoms with Crippen LogP contribution in [0.1, 0.15) is 11.1 Å². The summed E-state index contributed by atoms with van der Waals surface area (Å²) < 4.78 is 70.7. The highest BCUT2D eigenvalue weighted by atomic mass is 127. The summed E-state index contributed by atoms with van der Waals surface area (Å²) in [5.41, 5.74) is -0.152. The van der Waals surface area contributed by atoms with Gasteiger partial charge in [0.05, 0.1) is 11.4 Å². The van der Waals surface area contributed by atoms with Crippen LogP contribution in [0.4, 0.5) is 18.9 Å². The smallest absolute Gasteiger partial charge is 0.233 e. The molecule has 1 fully saturated rings. The van der Waals surface area contributed by atoms with Crippen LogP contribution < -0.4 is 4.72 Å². The summed E-state index contributed by atoms with van der Waals surface area (Å²) in [4.78, 5) is 4.22. The molecule has 3 rings (SSSR count). The minimum Gasteiger partial charge on any atom is -0.304 e. The van der Waals surface area contributed by atoms with Gasteiger partial charge in [0.2, 0.25) is 10.0 Å². The maximum absolute atomic E-state index is 14.5. The number of rotatable bonds is 7. The van der Waals surface area contributed by atoms with E-state index in [1.54, 1.807) is 6.07 Å². The summed E-state index contributed by atoms with van der Waals surface area (Å²) in [7, 11) is -1.79. The second kappa shape index (κ2) is 9.84. The first-order valence-electron chi connectivity index (χ1n) is 9.47. The minimum absolute atomic E-state index is 0.0785. The zero-order valence-corrected chi connectivity index (χ0v) is 19.4. The highest BCUT2D eigenvalue weighted by Crippen LogP contribution is 2.27. The van der Waals surface area contributed by atoms with Gasteiger partial charge in [-0.15, -0.1) is 0 Å². The molecule has 1 saturated heterocycles. The van der Waals surface area contributed by atoms with Crippen molar-refractivity contribution in [2.45, 2.75) is 6.42 Å². The van der Waals surface area contributed by atoms with Gasteiger partial charge in [0, 0.05) is 48.3 Å². The Morgan fingerprint density at radius 1 is 1.03 bits per heavy atom. The number of sulfonamides is 1. The molecular weight excluding hydrogens is 530 g/mol. The van der Waals surface area contributed by atoms with Gasteiger partial charge in [0.15, 0.2) is 11.6 Å². The summed E-state index contributed by atoms with van der Waals surface area (Å²) in [6.45, 7) is 3.61. The number of nitrogens with one attached hydrogen (secondary N) is 1. The molecule has 0 aliphatic carbocycles. The van der Waals surface area contributed by atoms with Crippen LogP contribution in [0.2, 0.25) is 0 Å². The van der Waals surface area contributed by atoms with E-state index in [0.717, 1.165) is 32.2 Å². The fourth-order valence-electron chi connectivity index (χ4n) is 3.26. The first-order chi connectivity index (χ1) is 14.1. The second-order valence-corrected chi connectivity index (χ2v) is 10.5. The lowest BCUT2D eigenvalue weighted by molar-refractivity contribution is 0.161. The molecule has 0 radical (unpaired) electrons. The Labute approximate surface area is 188 Å². The number of piperazine rings is 1. The highest BCUT2D eigenvalue weighted by Gasteiger charge is 2.21. The van der Waals surface area contributed by atoms with Gasteiger partial charge in [0.25, 0.3) is 0 Å². The third kappa shape index (κ3) is 6.08. The van der Waals surface area contributed by atoms with E-state index in [2.05, 4.69) is 9.62 Å². The van der Waals surface area contributed by atoms with Crippen molar-refractivity contribution in [2.24, 2.45) is 0 Å². The molecule has 0 saturated carbocycles. The van der Waals surface area contributed by atoms with Gasteiger partial charge in [-0.3, -0.25) is 9.62 Å². The van der Waals surface area contributed by atoms with Crippen LogP contribution in [-0.2, 0) is 16.4 Å². The van der Waals surface area contributed by atoms with Gasteiger partial charge in [0.1, 0.15) is 5.82 Å². The van der Waals surface area contributed by atoms with Gasteiger partial charge in [-0.05, 0) is 59.5 Å². The van der Waals surface area contributed by atoms with Gasteiger partial charge in [-0.2, -0.15) is 0 Å². The zero-order chi connectivity index (χ0) is 21.9. The lowest BCUT2D eigenvalue weighted by Crippen LogP contribution is -2.46. The van der Waals surface area contributed by atoms with Gasteiger partial charge in [-0.25, -0.2) is 21.6 Å². The Morgan fingerprint density at radius 3 is 2.40 bits per heavy atom. The van der Waals surface area contributed by atoms with Crippen molar-refractivity contribution >= 4 is 38.3 Å². The largest absolute Gasteiger partial charge is 0.304 e. The van der Waals surface area contributed by atoms with Gasteiger partial charge < -0.3 is 4.90 Å². The molecule has 2 aromatic carbocycles. The molecule has 1 aliphatic heterocycles. The quantitative estimate of drug-likeness (QED) is 0.535. The van der Waals surface area contributed by atoms with Crippen LogP contribution in [-0.4, -0.2) is 63.7 Å². The van der Waals surface area contributed by atoms with E-state index in [-0.39, 0.29) is 29.0 Å². The Kier molecular flexibility index (Phi) is 7.64. The molecule has 0 bridgehead atoms. The molecule has 1 aliphatic rings. The maximum atomic E-state index is 14.5. The van der Waals surface area contributed by atoms with Gasteiger partial charge >= 0.3 is 0 Å². The molecule has 30 heavy (non-hydrogen) atoms. The van der Waals surface area contributed by atoms with E-state index >= 15 is 0 Å². The van der Waals surface area contributed by atoms with E-state index in [4.69, 9.17) is 0 Å². The number of halogens is 4. The molecule has 0 unspecified atom stereocenters. The number of hydrogen-bond acceptors (Lipinski definition) is 4. The predicted octanol–water partition coefficient (Wildman–Crippen LogP) is 3.29. The molecule has 0 amide bonds. The summed E-state index contributed by atoms with van der Waals surface area (Å²) in [6, 6.07) is 6.45. The normalized spacial score (nSPS) is 16.0. The molecule has 0 atom stereocenters. The highest BCUT2D eigenvalue weighted by molar-refractivity contribution is 14.1. The van der Waals surface area contributed by atoms with Crippen molar-refractivity contribution < 1.29 is 21.6 Å². The fourth-order valence-corrected chi connectivity index (χ4v) is 4.84. The van der Waals surface area contributed by atoms with Crippen molar-refractivity contribution in [3.05, 3.63) is 62.5 Å². The van der Waals surface area contributed by atoms with Crippen molar-refractivity contribution in [1.82, 2.24) is 9.80 Å². The molecule has 0 spiro atoms. The van der Waals surface area contributed by atoms with Crippen molar-refractivity contribution in [2.75, 3.05) is 50.2 Å². The Bertz CT molecular complexity index is 1010. The van der Waals surface area contributed by atoms with E-state index in [9.17, 15) is 21.6 Å². The van der Waals surface area contributed by atoms with Crippen LogP contribution in [0.15, 0.2) is 30.3 Å². The minimum atomic E-state index is -3.80. The topological polar surface area (TPSA) is 52.7 Å². The molecule has 1 N–H and O–H groups in total. The van der Waals surface area contributed by atoms with Crippen molar-refractivity contribution in [3.63, 3.8) is 0 Å². The molecule has 0 aromatic heterocycles. The monoisotopic (exact) mass is 553 g/mol. The average molecular weight is 553 g/mol. The second-order valence-electron chi connectivity index (χ2n) is 7.37. The Hall–Kier alpha value is -1.37. The lowest BCUT2D eigenvalue weighted by Gasteiger charge is -2.32. The van der Waals surface area contributed by atoms with Crippen LogP contribution in [0, 0.1) is 21.0 Å².